The van der Waals surface area contributed by atoms with Crippen LogP contribution in [0.15, 0.2) is 24.0 Å². The van der Waals surface area contributed by atoms with Crippen molar-refractivity contribution in [2.24, 2.45) is 5.92 Å². The second kappa shape index (κ2) is 6.18. The third kappa shape index (κ3) is 6.14. The van der Waals surface area contributed by atoms with E-state index in [-0.39, 0.29) is 11.9 Å². The van der Waals surface area contributed by atoms with Gasteiger partial charge >= 0.3 is 7.60 Å². The molecule has 14 heavy (non-hydrogen) atoms. The van der Waals surface area contributed by atoms with Crippen molar-refractivity contribution in [2.75, 3.05) is 6.61 Å². The lowest BCUT2D eigenvalue weighted by Crippen LogP contribution is -1.90. The van der Waals surface area contributed by atoms with Gasteiger partial charge in [0.25, 0.3) is 0 Å². The third-order valence-corrected chi connectivity index (χ3v) is 3.07. The molecule has 1 N–H and O–H groups in total. The molecular weight excluding hydrogens is 199 g/mol. The van der Waals surface area contributed by atoms with Crippen LogP contribution < -0.4 is 0 Å². The zero-order chi connectivity index (χ0) is 11.2. The predicted octanol–water partition coefficient (Wildman–Crippen LogP) is 3.32. The van der Waals surface area contributed by atoms with Crippen molar-refractivity contribution in [2.45, 2.75) is 27.2 Å². The van der Waals surface area contributed by atoms with Crippen molar-refractivity contribution >= 4 is 7.60 Å². The Kier molecular flexibility index (Phi) is 6.01. The fourth-order valence-electron chi connectivity index (χ4n) is 0.691. The van der Waals surface area contributed by atoms with Crippen LogP contribution in [-0.2, 0) is 9.09 Å². The van der Waals surface area contributed by atoms with Crippen molar-refractivity contribution in [3.63, 3.8) is 0 Å². The highest BCUT2D eigenvalue weighted by atomic mass is 31.2. The Morgan fingerprint density at radius 1 is 1.57 bits per heavy atom. The summed E-state index contributed by atoms with van der Waals surface area (Å²) in [6.45, 7) is 9.25. The van der Waals surface area contributed by atoms with Crippen LogP contribution in [0.5, 0.6) is 0 Å². The van der Waals surface area contributed by atoms with Crippen LogP contribution in [0.3, 0.4) is 0 Å². The lowest BCUT2D eigenvalue weighted by atomic mass is 10.1. The first-order valence-electron chi connectivity index (χ1n) is 4.64. The van der Waals surface area contributed by atoms with Crippen molar-refractivity contribution < 1.29 is 14.0 Å². The summed E-state index contributed by atoms with van der Waals surface area (Å²) in [7, 11) is -3.57. The molecule has 0 heterocycles. The highest BCUT2D eigenvalue weighted by molar-refractivity contribution is 7.57. The molecule has 0 bridgehead atoms. The highest BCUT2D eigenvalue weighted by Crippen LogP contribution is 2.49. The maximum absolute atomic E-state index is 11.2. The molecule has 0 amide bonds. The molecule has 0 saturated heterocycles. The van der Waals surface area contributed by atoms with Gasteiger partial charge in [0.1, 0.15) is 0 Å². The Balaban J connectivity index is 3.80. The summed E-state index contributed by atoms with van der Waals surface area (Å²) in [6.07, 6.45) is 4.65. The van der Waals surface area contributed by atoms with Crippen LogP contribution in [0.1, 0.15) is 27.2 Å². The van der Waals surface area contributed by atoms with E-state index < -0.39 is 7.60 Å². The SMILES string of the molecule is C=C(C)P(=O)(O)OCC=CCC(C)C. The molecule has 0 aliphatic heterocycles. The Morgan fingerprint density at radius 3 is 2.57 bits per heavy atom. The first-order valence-corrected chi connectivity index (χ1v) is 6.22. The third-order valence-electron chi connectivity index (χ3n) is 1.60. The molecule has 0 aliphatic carbocycles. The molecule has 1 atom stereocenters. The van der Waals surface area contributed by atoms with Gasteiger partial charge in [-0.2, -0.15) is 0 Å². The van der Waals surface area contributed by atoms with Gasteiger partial charge in [-0.15, -0.1) is 0 Å². The molecule has 3 nitrogen and oxygen atoms in total. The molecule has 0 fully saturated rings. The van der Waals surface area contributed by atoms with E-state index in [0.717, 1.165) is 6.42 Å². The molecule has 0 aliphatic rings. The Hall–Kier alpha value is -0.370. The first-order chi connectivity index (χ1) is 6.36. The maximum Gasteiger partial charge on any atom is 0.354 e. The van der Waals surface area contributed by atoms with E-state index in [1.54, 1.807) is 6.08 Å². The summed E-state index contributed by atoms with van der Waals surface area (Å²) < 4.78 is 16.0. The van der Waals surface area contributed by atoms with Gasteiger partial charge < -0.3 is 9.42 Å². The van der Waals surface area contributed by atoms with Crippen molar-refractivity contribution in [3.8, 4) is 0 Å². The van der Waals surface area contributed by atoms with E-state index in [1.165, 1.54) is 6.92 Å². The average Bonchev–Trinajstić information content (AvgIpc) is 2.02. The number of hydrogen-bond acceptors (Lipinski definition) is 2. The van der Waals surface area contributed by atoms with Crippen LogP contribution >= 0.6 is 7.60 Å². The summed E-state index contributed by atoms with van der Waals surface area (Å²) >= 11 is 0. The molecule has 82 valence electrons. The first kappa shape index (κ1) is 13.6. The smallest absolute Gasteiger partial charge is 0.321 e. The number of hydrogen-bond donors (Lipinski definition) is 1. The fraction of sp³-hybridized carbons (Fsp3) is 0.600. The number of rotatable bonds is 6. The van der Waals surface area contributed by atoms with E-state index in [0.29, 0.717) is 5.92 Å². The molecule has 0 saturated carbocycles. The summed E-state index contributed by atoms with van der Waals surface area (Å²) in [4.78, 5) is 9.20. The topological polar surface area (TPSA) is 46.5 Å². The van der Waals surface area contributed by atoms with Crippen LogP contribution in [0.2, 0.25) is 0 Å². The maximum atomic E-state index is 11.2. The van der Waals surface area contributed by atoms with E-state index >= 15 is 0 Å². The molecule has 0 rings (SSSR count). The minimum Gasteiger partial charge on any atom is -0.321 e. The molecule has 0 aromatic heterocycles. The predicted molar refractivity (Wildman–Crippen MR) is 59.2 cm³/mol. The minimum absolute atomic E-state index is 0.160. The van der Waals surface area contributed by atoms with Gasteiger partial charge in [0, 0.05) is 5.31 Å². The number of allylic oxidation sites excluding steroid dienone is 2. The second-order valence-corrected chi connectivity index (χ2v) is 5.71. The van der Waals surface area contributed by atoms with Gasteiger partial charge in [0.05, 0.1) is 6.61 Å². The Morgan fingerprint density at radius 2 is 2.14 bits per heavy atom. The fourth-order valence-corrected chi connectivity index (χ4v) is 1.20. The van der Waals surface area contributed by atoms with Crippen molar-refractivity contribution in [3.05, 3.63) is 24.0 Å². The monoisotopic (exact) mass is 218 g/mol. The standard InChI is InChI=1S/C10H19O3P/c1-9(2)7-5-6-8-13-14(11,12)10(3)4/h5-6,9H,3,7-8H2,1-2,4H3,(H,11,12). The zero-order valence-corrected chi connectivity index (χ0v) is 9.96. The van der Waals surface area contributed by atoms with Gasteiger partial charge in [0.2, 0.25) is 0 Å². The Bertz CT molecular complexity index is 256. The molecule has 4 heteroatoms. The average molecular weight is 218 g/mol. The van der Waals surface area contributed by atoms with Crippen LogP contribution in [0.25, 0.3) is 0 Å². The van der Waals surface area contributed by atoms with E-state index in [1.807, 2.05) is 6.08 Å². The summed E-state index contributed by atoms with van der Waals surface area (Å²) in [5.41, 5.74) is 0. The van der Waals surface area contributed by atoms with Crippen LogP contribution in [-0.4, -0.2) is 11.5 Å². The molecule has 1 unspecified atom stereocenters. The van der Waals surface area contributed by atoms with Crippen LogP contribution in [0, 0.1) is 5.92 Å². The van der Waals surface area contributed by atoms with E-state index in [4.69, 9.17) is 4.52 Å². The molecule has 0 radical (unpaired) electrons. The lowest BCUT2D eigenvalue weighted by molar-refractivity contribution is 0.294. The summed E-state index contributed by atoms with van der Waals surface area (Å²) in [6, 6.07) is 0. The second-order valence-electron chi connectivity index (χ2n) is 3.65. The van der Waals surface area contributed by atoms with Crippen molar-refractivity contribution in [1.82, 2.24) is 0 Å². The zero-order valence-electron chi connectivity index (χ0n) is 9.06. The van der Waals surface area contributed by atoms with Crippen molar-refractivity contribution in [1.29, 1.82) is 0 Å². The lowest BCUT2D eigenvalue weighted by Gasteiger charge is -2.09. The van der Waals surface area contributed by atoms with Gasteiger partial charge in [-0.3, -0.25) is 4.57 Å². The Labute approximate surface area is 86.0 Å². The van der Waals surface area contributed by atoms with Crippen LogP contribution in [0.4, 0.5) is 0 Å². The largest absolute Gasteiger partial charge is 0.354 e. The molecular formula is C10H19O3P. The quantitative estimate of drug-likeness (QED) is 0.549. The van der Waals surface area contributed by atoms with Gasteiger partial charge in [0.15, 0.2) is 0 Å². The summed E-state index contributed by atoms with van der Waals surface area (Å²) in [5.74, 6) is 0.591. The molecule has 0 spiro atoms. The molecule has 0 aromatic rings. The minimum atomic E-state index is -3.57. The summed E-state index contributed by atoms with van der Waals surface area (Å²) in [5, 5.41) is 0.176. The van der Waals surface area contributed by atoms with E-state index in [2.05, 4.69) is 20.4 Å². The van der Waals surface area contributed by atoms with Gasteiger partial charge in [-0.05, 0) is 19.3 Å². The van der Waals surface area contributed by atoms with Gasteiger partial charge in [-0.1, -0.05) is 32.6 Å². The normalized spacial score (nSPS) is 16.1. The highest BCUT2D eigenvalue weighted by Gasteiger charge is 2.18. The molecule has 0 aromatic carbocycles. The van der Waals surface area contributed by atoms with E-state index in [9.17, 15) is 9.46 Å². The van der Waals surface area contributed by atoms with Gasteiger partial charge in [-0.25, -0.2) is 0 Å².